The van der Waals surface area contributed by atoms with Gasteiger partial charge < -0.3 is 4.74 Å². The van der Waals surface area contributed by atoms with Crippen LogP contribution in [0.3, 0.4) is 0 Å². The van der Waals surface area contributed by atoms with E-state index in [4.69, 9.17) is 4.74 Å². The average Bonchev–Trinajstić information content (AvgIpc) is 2.62. The van der Waals surface area contributed by atoms with Crippen molar-refractivity contribution in [3.05, 3.63) is 35.4 Å². The van der Waals surface area contributed by atoms with E-state index < -0.39 is 11.6 Å². The maximum Gasteiger partial charge on any atom is 0.190 e. The highest BCUT2D eigenvalue weighted by Gasteiger charge is 2.28. The maximum absolute atomic E-state index is 13.9. The molecule has 1 atom stereocenters. The van der Waals surface area contributed by atoms with E-state index in [2.05, 4.69) is 13.0 Å². The van der Waals surface area contributed by atoms with Crippen molar-refractivity contribution in [2.75, 3.05) is 7.11 Å². The Kier molecular flexibility index (Phi) is 6.14. The molecule has 0 bridgehead atoms. The SMILES string of the molecule is CCCC1CCC(C2CC=C(c3cc(F)c(OC)c(F)c3)CC2)CC1. The van der Waals surface area contributed by atoms with E-state index in [9.17, 15) is 8.78 Å². The predicted molar refractivity (Wildman–Crippen MR) is 98.6 cm³/mol. The summed E-state index contributed by atoms with van der Waals surface area (Å²) in [5, 5.41) is 0. The number of halogens is 2. The van der Waals surface area contributed by atoms with Gasteiger partial charge in [0.2, 0.25) is 0 Å². The topological polar surface area (TPSA) is 9.23 Å². The molecule has 1 aromatic carbocycles. The van der Waals surface area contributed by atoms with Crippen LogP contribution in [0.25, 0.3) is 5.57 Å². The standard InChI is InChI=1S/C22H30F2O/c1-3-4-15-5-7-16(8-6-15)17-9-11-18(12-10-17)19-13-20(23)22(25-2)21(24)14-19/h11,13-17H,3-10,12H2,1-2H3. The molecule has 1 aromatic rings. The van der Waals surface area contributed by atoms with Crippen molar-refractivity contribution in [3.63, 3.8) is 0 Å². The normalized spacial score (nSPS) is 27.0. The zero-order valence-electron chi connectivity index (χ0n) is 15.5. The van der Waals surface area contributed by atoms with Crippen LogP contribution >= 0.6 is 0 Å². The first-order valence-electron chi connectivity index (χ1n) is 9.84. The molecule has 0 spiro atoms. The zero-order valence-corrected chi connectivity index (χ0v) is 15.5. The second kappa shape index (κ2) is 8.33. The number of benzene rings is 1. The Balaban J connectivity index is 1.62. The van der Waals surface area contributed by atoms with Crippen LogP contribution in [0.2, 0.25) is 0 Å². The molecule has 3 heteroatoms. The number of methoxy groups -OCH3 is 1. The van der Waals surface area contributed by atoms with Gasteiger partial charge in [0.15, 0.2) is 17.4 Å². The molecule has 0 N–H and O–H groups in total. The molecule has 2 aliphatic rings. The van der Waals surface area contributed by atoms with Crippen molar-refractivity contribution in [2.24, 2.45) is 17.8 Å². The van der Waals surface area contributed by atoms with Gasteiger partial charge in [0.05, 0.1) is 7.11 Å². The summed E-state index contributed by atoms with van der Waals surface area (Å²) in [6.07, 6.45) is 13.5. The first-order chi connectivity index (χ1) is 12.1. The highest BCUT2D eigenvalue weighted by Crippen LogP contribution is 2.42. The minimum absolute atomic E-state index is 0.290. The van der Waals surface area contributed by atoms with E-state index in [1.165, 1.54) is 57.8 Å². The van der Waals surface area contributed by atoms with E-state index in [-0.39, 0.29) is 5.75 Å². The molecule has 25 heavy (non-hydrogen) atoms. The lowest BCUT2D eigenvalue weighted by Crippen LogP contribution is -2.23. The predicted octanol–water partition coefficient (Wildman–Crippen LogP) is 6.76. The first-order valence-corrected chi connectivity index (χ1v) is 9.84. The molecule has 0 saturated heterocycles. The number of allylic oxidation sites excluding steroid dienone is 2. The number of rotatable bonds is 5. The number of ether oxygens (including phenoxy) is 1. The van der Waals surface area contributed by atoms with Crippen LogP contribution in [-0.4, -0.2) is 7.11 Å². The fourth-order valence-electron chi connectivity index (χ4n) is 4.84. The quantitative estimate of drug-likeness (QED) is 0.571. The molecule has 1 unspecified atom stereocenters. The summed E-state index contributed by atoms with van der Waals surface area (Å²) in [7, 11) is 1.29. The minimum atomic E-state index is -0.616. The maximum atomic E-state index is 13.9. The zero-order chi connectivity index (χ0) is 17.8. The van der Waals surface area contributed by atoms with Gasteiger partial charge in [-0.15, -0.1) is 0 Å². The Hall–Kier alpha value is -1.38. The minimum Gasteiger partial charge on any atom is -0.491 e. The highest BCUT2D eigenvalue weighted by molar-refractivity contribution is 5.67. The third-order valence-corrected chi connectivity index (χ3v) is 6.28. The Morgan fingerprint density at radius 2 is 1.68 bits per heavy atom. The van der Waals surface area contributed by atoms with Gasteiger partial charge in [0.25, 0.3) is 0 Å². The van der Waals surface area contributed by atoms with Gasteiger partial charge in [-0.2, -0.15) is 0 Å². The van der Waals surface area contributed by atoms with Crippen molar-refractivity contribution < 1.29 is 13.5 Å². The van der Waals surface area contributed by atoms with Crippen LogP contribution in [0.5, 0.6) is 5.75 Å². The molecule has 2 aliphatic carbocycles. The third kappa shape index (κ3) is 4.24. The van der Waals surface area contributed by atoms with Crippen LogP contribution in [0.15, 0.2) is 18.2 Å². The van der Waals surface area contributed by atoms with Gasteiger partial charge in [-0.3, -0.25) is 0 Å². The monoisotopic (exact) mass is 348 g/mol. The Bertz CT molecular complexity index is 591. The van der Waals surface area contributed by atoms with Crippen molar-refractivity contribution in [1.29, 1.82) is 0 Å². The van der Waals surface area contributed by atoms with Crippen LogP contribution in [0.4, 0.5) is 8.78 Å². The van der Waals surface area contributed by atoms with E-state index in [1.54, 1.807) is 0 Å². The molecule has 0 heterocycles. The largest absolute Gasteiger partial charge is 0.491 e. The molecule has 138 valence electrons. The Morgan fingerprint density at radius 1 is 1.00 bits per heavy atom. The Morgan fingerprint density at radius 3 is 2.20 bits per heavy atom. The van der Waals surface area contributed by atoms with E-state index >= 15 is 0 Å². The lowest BCUT2D eigenvalue weighted by molar-refractivity contribution is 0.189. The van der Waals surface area contributed by atoms with Gasteiger partial charge in [0, 0.05) is 0 Å². The lowest BCUT2D eigenvalue weighted by atomic mass is 9.70. The molecular weight excluding hydrogens is 318 g/mol. The van der Waals surface area contributed by atoms with Crippen LogP contribution in [0, 0.1) is 29.4 Å². The van der Waals surface area contributed by atoms with Gasteiger partial charge >= 0.3 is 0 Å². The van der Waals surface area contributed by atoms with Gasteiger partial charge in [-0.1, -0.05) is 38.7 Å². The number of hydrogen-bond acceptors (Lipinski definition) is 1. The number of hydrogen-bond donors (Lipinski definition) is 0. The summed E-state index contributed by atoms with van der Waals surface area (Å²) in [5.74, 6) is 1.02. The second-order valence-electron chi connectivity index (χ2n) is 7.81. The highest BCUT2D eigenvalue weighted by atomic mass is 19.1. The Labute approximate surface area is 150 Å². The molecule has 1 fully saturated rings. The van der Waals surface area contributed by atoms with Crippen molar-refractivity contribution in [2.45, 2.75) is 64.7 Å². The fourth-order valence-corrected chi connectivity index (χ4v) is 4.84. The molecule has 0 amide bonds. The van der Waals surface area contributed by atoms with Crippen molar-refractivity contribution >= 4 is 5.57 Å². The van der Waals surface area contributed by atoms with Crippen LogP contribution < -0.4 is 4.74 Å². The third-order valence-electron chi connectivity index (χ3n) is 6.28. The van der Waals surface area contributed by atoms with E-state index in [1.807, 2.05) is 0 Å². The second-order valence-corrected chi connectivity index (χ2v) is 7.81. The summed E-state index contributed by atoms with van der Waals surface area (Å²) in [4.78, 5) is 0. The molecule has 1 nitrogen and oxygen atoms in total. The van der Waals surface area contributed by atoms with Crippen molar-refractivity contribution in [1.82, 2.24) is 0 Å². The van der Waals surface area contributed by atoms with E-state index in [0.29, 0.717) is 5.56 Å². The van der Waals surface area contributed by atoms with Crippen molar-refractivity contribution in [3.8, 4) is 5.75 Å². The molecule has 0 aromatic heterocycles. The van der Waals surface area contributed by atoms with Gasteiger partial charge in [0.1, 0.15) is 0 Å². The van der Waals surface area contributed by atoms with Crippen LogP contribution in [-0.2, 0) is 0 Å². The molecule has 1 saturated carbocycles. The summed E-state index contributed by atoms with van der Waals surface area (Å²) in [5.41, 5.74) is 1.75. The van der Waals surface area contributed by atoms with Gasteiger partial charge in [-0.05, 0) is 73.1 Å². The van der Waals surface area contributed by atoms with Gasteiger partial charge in [-0.25, -0.2) is 8.78 Å². The summed E-state index contributed by atoms with van der Waals surface area (Å²) >= 11 is 0. The molecule has 0 aliphatic heterocycles. The van der Waals surface area contributed by atoms with E-state index in [0.717, 1.165) is 42.6 Å². The summed E-state index contributed by atoms with van der Waals surface area (Å²) in [6.45, 7) is 2.28. The first kappa shape index (κ1) is 18.4. The lowest BCUT2D eigenvalue weighted by Gasteiger charge is -2.35. The fraction of sp³-hybridized carbons (Fsp3) is 0.636. The summed E-state index contributed by atoms with van der Waals surface area (Å²) in [6, 6.07) is 2.81. The smallest absolute Gasteiger partial charge is 0.190 e. The molecular formula is C22H30F2O. The molecule has 0 radical (unpaired) electrons. The average molecular weight is 348 g/mol. The van der Waals surface area contributed by atoms with Crippen LogP contribution in [0.1, 0.15) is 70.3 Å². The summed E-state index contributed by atoms with van der Waals surface area (Å²) < 4.78 is 32.7. The molecule has 3 rings (SSSR count).